The van der Waals surface area contributed by atoms with Crippen molar-refractivity contribution >= 4 is 34.6 Å². The summed E-state index contributed by atoms with van der Waals surface area (Å²) in [6, 6.07) is 3.55. The van der Waals surface area contributed by atoms with E-state index in [4.69, 9.17) is 23.8 Å². The molecule has 1 aliphatic heterocycles. The van der Waals surface area contributed by atoms with Crippen LogP contribution in [0.3, 0.4) is 0 Å². The molecule has 1 fully saturated rings. The van der Waals surface area contributed by atoms with Crippen LogP contribution in [0.4, 0.5) is 5.69 Å². The van der Waals surface area contributed by atoms with E-state index in [0.717, 1.165) is 12.1 Å². The third-order valence-corrected chi connectivity index (χ3v) is 4.41. The molecule has 3 N–H and O–H groups in total. The first-order valence-electron chi connectivity index (χ1n) is 6.81. The Kier molecular flexibility index (Phi) is 4.44. The Hall–Kier alpha value is -0.950. The Morgan fingerprint density at radius 2 is 2.10 bits per heavy atom. The zero-order chi connectivity index (χ0) is 15.8. The molecule has 7 heteroatoms. The van der Waals surface area contributed by atoms with Crippen LogP contribution in [0.2, 0.25) is 5.15 Å². The fourth-order valence-electron chi connectivity index (χ4n) is 2.77. The van der Waals surface area contributed by atoms with Gasteiger partial charge in [0.15, 0.2) is 5.11 Å². The maximum Gasteiger partial charge on any atom is 0.171 e. The van der Waals surface area contributed by atoms with Gasteiger partial charge >= 0.3 is 0 Å². The van der Waals surface area contributed by atoms with Gasteiger partial charge in [-0.25, -0.2) is 4.98 Å². The van der Waals surface area contributed by atoms with Crippen LogP contribution in [0.25, 0.3) is 0 Å². The lowest BCUT2D eigenvalue weighted by Crippen LogP contribution is -2.53. The van der Waals surface area contributed by atoms with E-state index in [9.17, 15) is 5.21 Å². The van der Waals surface area contributed by atoms with Crippen LogP contribution in [0, 0.1) is 0 Å². The van der Waals surface area contributed by atoms with E-state index in [1.807, 2.05) is 33.8 Å². The van der Waals surface area contributed by atoms with Gasteiger partial charge in [-0.05, 0) is 58.5 Å². The highest BCUT2D eigenvalue weighted by Gasteiger charge is 2.51. The number of aromatic nitrogens is 1. The van der Waals surface area contributed by atoms with Crippen molar-refractivity contribution in [2.45, 2.75) is 51.2 Å². The molecule has 0 radical (unpaired) electrons. The SMILES string of the molecule is CC1(C)CC(NC(=S)Nc2ccc(Cl)nc2)C(C)(C)N1O. The Morgan fingerprint density at radius 1 is 1.43 bits per heavy atom. The summed E-state index contributed by atoms with van der Waals surface area (Å²) in [5, 5.41) is 19.0. The number of nitrogens with one attached hydrogen (secondary N) is 2. The van der Waals surface area contributed by atoms with Gasteiger partial charge in [0.1, 0.15) is 5.15 Å². The number of anilines is 1. The van der Waals surface area contributed by atoms with Crippen molar-refractivity contribution in [3.05, 3.63) is 23.5 Å². The Balaban J connectivity index is 2.01. The summed E-state index contributed by atoms with van der Waals surface area (Å²) in [5.41, 5.74) is 0.0688. The third-order valence-electron chi connectivity index (χ3n) is 3.97. The van der Waals surface area contributed by atoms with Crippen LogP contribution in [0.1, 0.15) is 34.1 Å². The standard InChI is InChI=1S/C14H21ClN4OS/c1-13(2)7-10(14(3,4)19(13)20)18-12(21)17-9-5-6-11(15)16-8-9/h5-6,8,10,20H,7H2,1-4H3,(H2,17,18,21). The zero-order valence-corrected chi connectivity index (χ0v) is 14.2. The number of hydrogen-bond donors (Lipinski definition) is 3. The molecule has 1 aromatic rings. The minimum Gasteiger partial charge on any atom is -0.358 e. The lowest BCUT2D eigenvalue weighted by Gasteiger charge is -2.36. The Labute approximate surface area is 135 Å². The van der Waals surface area contributed by atoms with Crippen LogP contribution in [-0.4, -0.2) is 37.5 Å². The van der Waals surface area contributed by atoms with Crippen molar-refractivity contribution in [3.63, 3.8) is 0 Å². The molecule has 0 spiro atoms. The van der Waals surface area contributed by atoms with Crippen molar-refractivity contribution in [1.82, 2.24) is 15.4 Å². The summed E-state index contributed by atoms with van der Waals surface area (Å²) in [7, 11) is 0. The van der Waals surface area contributed by atoms with Gasteiger partial charge in [-0.2, -0.15) is 5.06 Å². The number of pyridine rings is 1. The molecule has 1 aromatic heterocycles. The molecule has 1 saturated heterocycles. The molecule has 1 unspecified atom stereocenters. The lowest BCUT2D eigenvalue weighted by atomic mass is 9.94. The summed E-state index contributed by atoms with van der Waals surface area (Å²) in [5.74, 6) is 0. The van der Waals surface area contributed by atoms with Crippen LogP contribution in [0.5, 0.6) is 0 Å². The first kappa shape index (κ1) is 16.4. The number of thiocarbonyl (C=S) groups is 1. The molecule has 1 aliphatic rings. The summed E-state index contributed by atoms with van der Waals surface area (Å²) < 4.78 is 0. The monoisotopic (exact) mass is 328 g/mol. The number of hydrogen-bond acceptors (Lipinski definition) is 4. The van der Waals surface area contributed by atoms with E-state index in [1.165, 1.54) is 5.06 Å². The van der Waals surface area contributed by atoms with Gasteiger partial charge in [0.2, 0.25) is 0 Å². The first-order valence-corrected chi connectivity index (χ1v) is 7.60. The zero-order valence-electron chi connectivity index (χ0n) is 12.6. The highest BCUT2D eigenvalue weighted by atomic mass is 35.5. The van der Waals surface area contributed by atoms with Crippen molar-refractivity contribution in [2.75, 3.05) is 5.32 Å². The Bertz CT molecular complexity index is 532. The van der Waals surface area contributed by atoms with Gasteiger partial charge in [-0.15, -0.1) is 0 Å². The highest BCUT2D eigenvalue weighted by molar-refractivity contribution is 7.80. The van der Waals surface area contributed by atoms with Gasteiger partial charge in [0, 0.05) is 5.54 Å². The molecule has 0 amide bonds. The average molecular weight is 329 g/mol. The summed E-state index contributed by atoms with van der Waals surface area (Å²) >= 11 is 11.1. The summed E-state index contributed by atoms with van der Waals surface area (Å²) in [6.45, 7) is 8.00. The highest BCUT2D eigenvalue weighted by Crippen LogP contribution is 2.38. The molecular formula is C14H21ClN4OS. The van der Waals surface area contributed by atoms with Crippen LogP contribution in [0.15, 0.2) is 18.3 Å². The quantitative estimate of drug-likeness (QED) is 0.573. The molecule has 21 heavy (non-hydrogen) atoms. The van der Waals surface area contributed by atoms with E-state index in [-0.39, 0.29) is 11.6 Å². The second-order valence-electron chi connectivity index (χ2n) is 6.50. The van der Waals surface area contributed by atoms with Crippen LogP contribution < -0.4 is 10.6 Å². The second kappa shape index (κ2) is 5.68. The van der Waals surface area contributed by atoms with Crippen LogP contribution in [-0.2, 0) is 0 Å². The van der Waals surface area contributed by atoms with E-state index in [1.54, 1.807) is 12.3 Å². The maximum absolute atomic E-state index is 10.3. The van der Waals surface area contributed by atoms with Gasteiger partial charge in [0.05, 0.1) is 23.5 Å². The second-order valence-corrected chi connectivity index (χ2v) is 7.30. The largest absolute Gasteiger partial charge is 0.358 e. The maximum atomic E-state index is 10.3. The molecule has 2 rings (SSSR count). The molecule has 116 valence electrons. The van der Waals surface area contributed by atoms with Gasteiger partial charge in [-0.1, -0.05) is 11.6 Å². The minimum atomic E-state index is -0.409. The molecular weight excluding hydrogens is 308 g/mol. The fraction of sp³-hybridized carbons (Fsp3) is 0.571. The van der Waals surface area contributed by atoms with Gasteiger partial charge < -0.3 is 15.8 Å². The normalized spacial score (nSPS) is 23.8. The van der Waals surface area contributed by atoms with Crippen molar-refractivity contribution < 1.29 is 5.21 Å². The lowest BCUT2D eigenvalue weighted by molar-refractivity contribution is -0.193. The topological polar surface area (TPSA) is 60.4 Å². The van der Waals surface area contributed by atoms with E-state index >= 15 is 0 Å². The molecule has 0 aliphatic carbocycles. The number of hydroxylamine groups is 2. The molecule has 1 atom stereocenters. The predicted molar refractivity (Wildman–Crippen MR) is 88.8 cm³/mol. The average Bonchev–Trinajstić information content (AvgIpc) is 2.53. The van der Waals surface area contributed by atoms with Crippen LogP contribution >= 0.6 is 23.8 Å². The summed E-state index contributed by atoms with van der Waals surface area (Å²) in [4.78, 5) is 4.00. The molecule has 0 saturated carbocycles. The van der Waals surface area contributed by atoms with Crippen molar-refractivity contribution in [3.8, 4) is 0 Å². The molecule has 0 aromatic carbocycles. The molecule has 5 nitrogen and oxygen atoms in total. The number of nitrogens with zero attached hydrogens (tertiary/aromatic N) is 2. The summed E-state index contributed by atoms with van der Waals surface area (Å²) in [6.07, 6.45) is 2.41. The van der Waals surface area contributed by atoms with Crippen molar-refractivity contribution in [1.29, 1.82) is 0 Å². The molecule has 0 bridgehead atoms. The number of rotatable bonds is 2. The van der Waals surface area contributed by atoms with Gasteiger partial charge in [-0.3, -0.25) is 0 Å². The molecule has 2 heterocycles. The van der Waals surface area contributed by atoms with Gasteiger partial charge in [0.25, 0.3) is 0 Å². The Morgan fingerprint density at radius 3 is 2.57 bits per heavy atom. The van der Waals surface area contributed by atoms with E-state index < -0.39 is 5.54 Å². The third kappa shape index (κ3) is 3.45. The first-order chi connectivity index (χ1) is 9.63. The fourth-order valence-corrected chi connectivity index (χ4v) is 3.14. The predicted octanol–water partition coefficient (Wildman–Crippen LogP) is 3.04. The van der Waals surface area contributed by atoms with E-state index in [0.29, 0.717) is 10.3 Å². The minimum absolute atomic E-state index is 0.0396. The van der Waals surface area contributed by atoms with Crippen molar-refractivity contribution in [2.24, 2.45) is 0 Å². The van der Waals surface area contributed by atoms with E-state index in [2.05, 4.69) is 15.6 Å². The smallest absolute Gasteiger partial charge is 0.171 e. The number of halogens is 1.